The van der Waals surface area contributed by atoms with E-state index in [1.807, 2.05) is 0 Å². The van der Waals surface area contributed by atoms with Gasteiger partial charge in [-0.15, -0.1) is 9.24 Å². The highest BCUT2D eigenvalue weighted by Gasteiger charge is 2.27. The molecule has 3 heterocycles. The van der Waals surface area contributed by atoms with E-state index in [1.54, 1.807) is 13.3 Å². The molecule has 3 aromatic rings. The number of anilines is 5. The minimum Gasteiger partial charge on any atom is -0.494 e. The molecule has 2 aromatic carbocycles. The largest absolute Gasteiger partial charge is 0.494 e. The van der Waals surface area contributed by atoms with Gasteiger partial charge in [-0.3, -0.25) is 4.90 Å². The Hall–Kier alpha value is -2.45. The van der Waals surface area contributed by atoms with Crippen molar-refractivity contribution in [3.05, 3.63) is 52.1 Å². The number of hydrogen-bond donors (Lipinski definition) is 2. The molecular weight excluding hydrogens is 573 g/mol. The quantitative estimate of drug-likeness (QED) is 0.359. The fraction of sp³-hybridized carbons (Fsp3) is 0.448. The number of halogens is 1. The number of aromatic nitrogens is 2. The molecule has 2 aliphatic rings. The summed E-state index contributed by atoms with van der Waals surface area (Å²) in [5, 5.41) is 7.87. The second-order valence-corrected chi connectivity index (χ2v) is 12.1. The summed E-state index contributed by atoms with van der Waals surface area (Å²) in [6.45, 7) is 11.1. The maximum Gasteiger partial charge on any atom is 0.229 e. The Bertz CT molecular complexity index is 1310. The third-order valence-corrected chi connectivity index (χ3v) is 8.89. The van der Waals surface area contributed by atoms with Gasteiger partial charge in [-0.2, -0.15) is 4.98 Å². The van der Waals surface area contributed by atoms with Gasteiger partial charge in [-0.05, 0) is 72.7 Å². The molecule has 1 atom stereocenters. The van der Waals surface area contributed by atoms with E-state index in [9.17, 15) is 0 Å². The zero-order chi connectivity index (χ0) is 27.5. The summed E-state index contributed by atoms with van der Waals surface area (Å²) >= 11 is 3.58. The van der Waals surface area contributed by atoms with Crippen molar-refractivity contribution >= 4 is 59.3 Å². The molecular formula is C29H39BrN7OP. The van der Waals surface area contributed by atoms with Crippen LogP contribution in [-0.4, -0.2) is 79.2 Å². The number of methoxy groups -OCH3 is 1. The highest BCUT2D eigenvalue weighted by molar-refractivity contribution is 9.10. The predicted octanol–water partition coefficient (Wildman–Crippen LogP) is 5.07. The van der Waals surface area contributed by atoms with Crippen LogP contribution in [0.25, 0.3) is 0 Å². The van der Waals surface area contributed by atoms with E-state index in [1.165, 1.54) is 55.8 Å². The van der Waals surface area contributed by atoms with E-state index in [0.29, 0.717) is 17.8 Å². The van der Waals surface area contributed by atoms with Crippen molar-refractivity contribution in [3.8, 4) is 5.75 Å². The van der Waals surface area contributed by atoms with Gasteiger partial charge in [0.1, 0.15) is 11.6 Å². The van der Waals surface area contributed by atoms with Crippen molar-refractivity contribution in [2.24, 2.45) is 0 Å². The van der Waals surface area contributed by atoms with E-state index < -0.39 is 0 Å². The van der Waals surface area contributed by atoms with Crippen LogP contribution in [-0.2, 0) is 0 Å². The van der Waals surface area contributed by atoms with Crippen molar-refractivity contribution in [1.29, 1.82) is 0 Å². The Kier molecular flexibility index (Phi) is 8.92. The van der Waals surface area contributed by atoms with Gasteiger partial charge in [0.2, 0.25) is 5.95 Å². The molecule has 208 valence electrons. The molecule has 0 amide bonds. The van der Waals surface area contributed by atoms with Crippen LogP contribution in [0.3, 0.4) is 0 Å². The second kappa shape index (κ2) is 12.4. The Morgan fingerprint density at radius 1 is 0.974 bits per heavy atom. The normalized spacial score (nSPS) is 17.3. The molecule has 10 heteroatoms. The number of ether oxygens (including phenoxy) is 1. The first-order valence-electron chi connectivity index (χ1n) is 13.6. The number of benzene rings is 2. The van der Waals surface area contributed by atoms with Crippen molar-refractivity contribution < 1.29 is 4.74 Å². The van der Waals surface area contributed by atoms with Gasteiger partial charge in [0.15, 0.2) is 0 Å². The molecule has 0 radical (unpaired) electrons. The summed E-state index contributed by atoms with van der Waals surface area (Å²) in [6, 6.07) is 11.2. The highest BCUT2D eigenvalue weighted by Crippen LogP contribution is 2.36. The maximum atomic E-state index is 5.82. The lowest BCUT2D eigenvalue weighted by Gasteiger charge is -2.43. The first kappa shape index (κ1) is 28.1. The van der Waals surface area contributed by atoms with Gasteiger partial charge in [0, 0.05) is 68.9 Å². The molecule has 2 N–H and O–H groups in total. The topological polar surface area (TPSA) is 68.8 Å². The molecule has 1 unspecified atom stereocenters. The van der Waals surface area contributed by atoms with Gasteiger partial charge in [0.25, 0.3) is 0 Å². The Morgan fingerprint density at radius 2 is 1.72 bits per heavy atom. The molecule has 0 aliphatic carbocycles. The van der Waals surface area contributed by atoms with Gasteiger partial charge >= 0.3 is 0 Å². The maximum absolute atomic E-state index is 5.82. The van der Waals surface area contributed by atoms with Crippen molar-refractivity contribution in [2.75, 3.05) is 69.0 Å². The van der Waals surface area contributed by atoms with Gasteiger partial charge in [-0.1, -0.05) is 17.7 Å². The Labute approximate surface area is 242 Å². The van der Waals surface area contributed by atoms with Crippen molar-refractivity contribution in [1.82, 2.24) is 19.8 Å². The lowest BCUT2D eigenvalue weighted by molar-refractivity contribution is 0.0982. The molecule has 1 aromatic heterocycles. The number of aryl methyl sites for hydroxylation is 2. The molecule has 0 saturated carbocycles. The smallest absolute Gasteiger partial charge is 0.229 e. The summed E-state index contributed by atoms with van der Waals surface area (Å²) < 4.78 is 6.61. The van der Waals surface area contributed by atoms with Crippen LogP contribution in [0.1, 0.15) is 24.0 Å². The highest BCUT2D eigenvalue weighted by atomic mass is 79.9. The number of hydrogen-bond acceptors (Lipinski definition) is 8. The second-order valence-electron chi connectivity index (χ2n) is 10.6. The summed E-state index contributed by atoms with van der Waals surface area (Å²) in [5.41, 5.74) is 5.48. The molecule has 0 bridgehead atoms. The number of piperazine rings is 1. The summed E-state index contributed by atoms with van der Waals surface area (Å²) in [6.07, 6.45) is 4.16. The molecule has 39 heavy (non-hydrogen) atoms. The van der Waals surface area contributed by atoms with Crippen molar-refractivity contribution in [2.45, 2.75) is 32.7 Å². The standard InChI is InChI=1S/C29H39BrN7OP/c1-19-5-6-23(27(39)15-19)32-28-22(30)18-31-29(34-28)33-24-16-20(2)25(17-26(24)38-4)37-9-7-21(8-10-37)36-13-11-35(3)12-14-36/h5-6,15-18,21H,7-14,39H2,1-4H3,(H2,31,32,33,34). The Balaban J connectivity index is 1.29. The minimum atomic E-state index is 0.497. The first-order chi connectivity index (χ1) is 18.8. The zero-order valence-electron chi connectivity index (χ0n) is 23.3. The van der Waals surface area contributed by atoms with Crippen LogP contribution >= 0.6 is 25.2 Å². The fourth-order valence-electron chi connectivity index (χ4n) is 5.50. The fourth-order valence-corrected chi connectivity index (χ4v) is 6.22. The monoisotopic (exact) mass is 611 g/mol. The molecule has 2 aliphatic heterocycles. The lowest BCUT2D eigenvalue weighted by Crippen LogP contribution is -2.52. The molecule has 2 fully saturated rings. The minimum absolute atomic E-state index is 0.497. The van der Waals surface area contributed by atoms with E-state index >= 15 is 0 Å². The predicted molar refractivity (Wildman–Crippen MR) is 169 cm³/mol. The summed E-state index contributed by atoms with van der Waals surface area (Å²) in [5.74, 6) is 1.97. The zero-order valence-corrected chi connectivity index (χ0v) is 26.0. The number of nitrogens with one attached hydrogen (secondary N) is 2. The van der Waals surface area contributed by atoms with Crippen LogP contribution in [0, 0.1) is 13.8 Å². The van der Waals surface area contributed by atoms with Gasteiger partial charge < -0.3 is 25.2 Å². The van der Waals surface area contributed by atoms with Crippen LogP contribution in [0.5, 0.6) is 5.75 Å². The average Bonchev–Trinajstić information content (AvgIpc) is 2.93. The SMILES string of the molecule is COc1cc(N2CCC(N3CCN(C)CC3)CC2)c(C)cc1Nc1ncc(Br)c(Nc2ccc(C)cc2P)n1. The third kappa shape index (κ3) is 6.65. The Morgan fingerprint density at radius 3 is 2.41 bits per heavy atom. The lowest BCUT2D eigenvalue weighted by atomic mass is 10.0. The van der Waals surface area contributed by atoms with E-state index in [4.69, 9.17) is 9.72 Å². The number of piperidine rings is 1. The van der Waals surface area contributed by atoms with Crippen LogP contribution in [0.2, 0.25) is 0 Å². The van der Waals surface area contributed by atoms with E-state index in [2.05, 4.69) is 107 Å². The summed E-state index contributed by atoms with van der Waals surface area (Å²) in [4.78, 5) is 16.9. The van der Waals surface area contributed by atoms with Gasteiger partial charge in [-0.25, -0.2) is 4.98 Å². The third-order valence-electron chi connectivity index (χ3n) is 7.83. The first-order valence-corrected chi connectivity index (χ1v) is 15.0. The van der Waals surface area contributed by atoms with Crippen LogP contribution < -0.4 is 25.6 Å². The summed E-state index contributed by atoms with van der Waals surface area (Å²) in [7, 11) is 6.71. The number of rotatable bonds is 7. The van der Waals surface area contributed by atoms with Gasteiger partial charge in [0.05, 0.1) is 17.3 Å². The number of nitrogens with zero attached hydrogens (tertiary/aromatic N) is 5. The van der Waals surface area contributed by atoms with E-state index in [-0.39, 0.29) is 0 Å². The molecule has 0 spiro atoms. The molecule has 8 nitrogen and oxygen atoms in total. The van der Waals surface area contributed by atoms with Crippen molar-refractivity contribution in [3.63, 3.8) is 0 Å². The molecule has 2 saturated heterocycles. The van der Waals surface area contributed by atoms with E-state index in [0.717, 1.165) is 40.0 Å². The molecule has 5 rings (SSSR count). The number of likely N-dealkylation sites (N-methyl/N-ethyl adjacent to an activating group) is 1. The van der Waals surface area contributed by atoms with Crippen LogP contribution in [0.4, 0.5) is 28.8 Å². The average molecular weight is 613 g/mol. The van der Waals surface area contributed by atoms with Crippen LogP contribution in [0.15, 0.2) is 41.0 Å².